The molecule has 1 amide bonds. The minimum atomic E-state index is -0.0770. The number of aromatic nitrogens is 2. The van der Waals surface area contributed by atoms with E-state index < -0.39 is 0 Å². The fraction of sp³-hybridized carbons (Fsp3) is 0.800. The zero-order valence-electron chi connectivity index (χ0n) is 16.4. The molecule has 2 N–H and O–H groups in total. The molecule has 1 aromatic rings. The number of H-pyrrole nitrogens is 1. The summed E-state index contributed by atoms with van der Waals surface area (Å²) in [5.41, 5.74) is 1.56. The van der Waals surface area contributed by atoms with Gasteiger partial charge in [-0.25, -0.2) is 0 Å². The van der Waals surface area contributed by atoms with Gasteiger partial charge in [-0.05, 0) is 45.1 Å². The number of aromatic amines is 1. The number of hydrogen-bond acceptors (Lipinski definition) is 4. The molecule has 6 nitrogen and oxygen atoms in total. The van der Waals surface area contributed by atoms with Crippen molar-refractivity contribution in [2.24, 2.45) is 17.8 Å². The zero-order valence-corrected chi connectivity index (χ0v) is 16.4. The maximum Gasteiger partial charge on any atom is 0.271 e. The summed E-state index contributed by atoms with van der Waals surface area (Å²) in [4.78, 5) is 15.1. The van der Waals surface area contributed by atoms with Gasteiger partial charge >= 0.3 is 0 Å². The van der Waals surface area contributed by atoms with Gasteiger partial charge in [0.25, 0.3) is 5.91 Å². The van der Waals surface area contributed by atoms with Gasteiger partial charge in [-0.15, -0.1) is 0 Å². The summed E-state index contributed by atoms with van der Waals surface area (Å²) in [5.74, 6) is 1.43. The van der Waals surface area contributed by atoms with Gasteiger partial charge in [0.2, 0.25) is 0 Å². The molecule has 1 spiro atoms. The molecule has 0 aliphatic carbocycles. The second-order valence-electron chi connectivity index (χ2n) is 9.14. The molecule has 0 aromatic carbocycles. The van der Waals surface area contributed by atoms with Crippen molar-refractivity contribution in [1.29, 1.82) is 0 Å². The van der Waals surface area contributed by atoms with E-state index in [0.29, 0.717) is 42.1 Å². The van der Waals surface area contributed by atoms with Crippen molar-refractivity contribution >= 4 is 5.91 Å². The first-order valence-corrected chi connectivity index (χ1v) is 10.1. The highest BCUT2D eigenvalue weighted by atomic mass is 16.5. The first-order valence-electron chi connectivity index (χ1n) is 10.1. The molecular weight excluding hydrogens is 328 g/mol. The normalized spacial score (nSPS) is 33.4. The molecule has 4 atom stereocenters. The van der Waals surface area contributed by atoms with Crippen LogP contribution in [0.3, 0.4) is 0 Å². The van der Waals surface area contributed by atoms with Crippen LogP contribution < -0.4 is 5.32 Å². The maximum absolute atomic E-state index is 12.5. The second kappa shape index (κ2) is 6.64. The number of ether oxygens (including phenoxy) is 1. The predicted octanol–water partition coefficient (Wildman–Crippen LogP) is 2.23. The molecule has 1 aromatic heterocycles. The van der Waals surface area contributed by atoms with Gasteiger partial charge in [-0.1, -0.05) is 13.8 Å². The first kappa shape index (κ1) is 18.0. The molecule has 3 fully saturated rings. The highest BCUT2D eigenvalue weighted by Crippen LogP contribution is 2.54. The smallest absolute Gasteiger partial charge is 0.271 e. The molecular formula is C20H32N4O2. The van der Waals surface area contributed by atoms with Crippen molar-refractivity contribution in [3.8, 4) is 0 Å². The van der Waals surface area contributed by atoms with Crippen molar-refractivity contribution in [2.45, 2.75) is 64.7 Å². The van der Waals surface area contributed by atoms with Gasteiger partial charge in [0.05, 0.1) is 11.7 Å². The predicted molar refractivity (Wildman–Crippen MR) is 100.0 cm³/mol. The van der Waals surface area contributed by atoms with Crippen molar-refractivity contribution in [1.82, 2.24) is 20.4 Å². The Balaban J connectivity index is 1.37. The maximum atomic E-state index is 12.5. The van der Waals surface area contributed by atoms with E-state index >= 15 is 0 Å². The van der Waals surface area contributed by atoms with Crippen LogP contribution in [0.25, 0.3) is 0 Å². The Kier molecular flexibility index (Phi) is 4.59. The Morgan fingerprint density at radius 1 is 1.46 bits per heavy atom. The SMILES string of the molecule is CC(C)Cc1cc(C(=O)NC[C@H]2[C@H]3CN(C(C)C)C[C@]34CC[C@H]2O4)n[nH]1. The standard InChI is InChI=1S/C20H32N4O2/c1-12(2)7-14-8-17(23-22-14)19(25)21-9-15-16-10-24(13(3)4)11-20(16)6-5-18(15)26-20/h8,12-13,15-16,18H,5-7,9-11H2,1-4H3,(H,21,25)(H,22,23)/t15-,16+,18+,20+/m0/s1. The van der Waals surface area contributed by atoms with E-state index in [1.807, 2.05) is 6.07 Å². The number of likely N-dealkylation sites (tertiary alicyclic amines) is 1. The van der Waals surface area contributed by atoms with Crippen LogP contribution in [-0.2, 0) is 11.2 Å². The molecule has 3 aliphatic rings. The lowest BCUT2D eigenvalue weighted by Gasteiger charge is -2.29. The highest BCUT2D eigenvalue weighted by Gasteiger charge is 2.62. The van der Waals surface area contributed by atoms with Crippen molar-refractivity contribution in [3.63, 3.8) is 0 Å². The van der Waals surface area contributed by atoms with Crippen LogP contribution in [0.4, 0.5) is 0 Å². The molecule has 3 aliphatic heterocycles. The van der Waals surface area contributed by atoms with E-state index in [4.69, 9.17) is 4.74 Å². The van der Waals surface area contributed by atoms with Crippen molar-refractivity contribution in [3.05, 3.63) is 17.5 Å². The third kappa shape index (κ3) is 3.07. The van der Waals surface area contributed by atoms with Crippen LogP contribution in [0.5, 0.6) is 0 Å². The van der Waals surface area contributed by atoms with Gasteiger partial charge in [-0.3, -0.25) is 14.8 Å². The van der Waals surface area contributed by atoms with E-state index in [9.17, 15) is 4.79 Å². The Labute approximate surface area is 156 Å². The van der Waals surface area contributed by atoms with Gasteiger partial charge < -0.3 is 10.1 Å². The Morgan fingerprint density at radius 3 is 3.00 bits per heavy atom. The Morgan fingerprint density at radius 2 is 2.27 bits per heavy atom. The number of rotatable bonds is 6. The molecule has 6 heteroatoms. The summed E-state index contributed by atoms with van der Waals surface area (Å²) in [7, 11) is 0. The molecule has 3 saturated heterocycles. The summed E-state index contributed by atoms with van der Waals surface area (Å²) < 4.78 is 6.45. The summed E-state index contributed by atoms with van der Waals surface area (Å²) in [6.45, 7) is 11.7. The largest absolute Gasteiger partial charge is 0.370 e. The quantitative estimate of drug-likeness (QED) is 0.816. The summed E-state index contributed by atoms with van der Waals surface area (Å²) in [5, 5.41) is 10.3. The van der Waals surface area contributed by atoms with Gasteiger partial charge in [0, 0.05) is 43.2 Å². The zero-order chi connectivity index (χ0) is 18.5. The van der Waals surface area contributed by atoms with Gasteiger partial charge in [0.1, 0.15) is 5.69 Å². The lowest BCUT2D eigenvalue weighted by atomic mass is 9.73. The number of carbonyl (C=O) groups excluding carboxylic acids is 1. The molecule has 0 unspecified atom stereocenters. The topological polar surface area (TPSA) is 70.2 Å². The molecule has 26 heavy (non-hydrogen) atoms. The van der Waals surface area contributed by atoms with Crippen LogP contribution >= 0.6 is 0 Å². The lowest BCUT2D eigenvalue weighted by molar-refractivity contribution is 0.000222. The van der Waals surface area contributed by atoms with Crippen LogP contribution in [-0.4, -0.2) is 58.4 Å². The van der Waals surface area contributed by atoms with Gasteiger partial charge in [0.15, 0.2) is 0 Å². The minimum Gasteiger partial charge on any atom is -0.370 e. The average Bonchev–Trinajstić information content (AvgIpc) is 3.31. The monoisotopic (exact) mass is 360 g/mol. The molecule has 144 valence electrons. The second-order valence-corrected chi connectivity index (χ2v) is 9.14. The Bertz CT molecular complexity index is 671. The van der Waals surface area contributed by atoms with E-state index in [0.717, 1.165) is 31.6 Å². The molecule has 2 bridgehead atoms. The summed E-state index contributed by atoms with van der Waals surface area (Å²) >= 11 is 0. The lowest BCUT2D eigenvalue weighted by Crippen LogP contribution is -2.42. The van der Waals surface area contributed by atoms with E-state index in [1.54, 1.807) is 0 Å². The van der Waals surface area contributed by atoms with Gasteiger partial charge in [-0.2, -0.15) is 5.10 Å². The number of carbonyl (C=O) groups is 1. The number of nitrogens with zero attached hydrogens (tertiary/aromatic N) is 2. The van der Waals surface area contributed by atoms with Crippen molar-refractivity contribution < 1.29 is 9.53 Å². The average molecular weight is 361 g/mol. The first-order chi connectivity index (χ1) is 12.4. The number of hydrogen-bond donors (Lipinski definition) is 2. The Hall–Kier alpha value is -1.40. The fourth-order valence-electron chi connectivity index (χ4n) is 5.22. The van der Waals surface area contributed by atoms with Crippen LogP contribution in [0.15, 0.2) is 6.07 Å². The van der Waals surface area contributed by atoms with Crippen molar-refractivity contribution in [2.75, 3.05) is 19.6 Å². The summed E-state index contributed by atoms with van der Waals surface area (Å²) in [6, 6.07) is 2.43. The number of fused-ring (bicyclic) bond motifs is 1. The third-order valence-electron chi connectivity index (χ3n) is 6.53. The van der Waals surface area contributed by atoms with Crippen LogP contribution in [0, 0.1) is 17.8 Å². The third-order valence-corrected chi connectivity index (χ3v) is 6.53. The van der Waals surface area contributed by atoms with E-state index in [1.165, 1.54) is 6.42 Å². The number of amides is 1. The molecule has 0 radical (unpaired) electrons. The van der Waals surface area contributed by atoms with E-state index in [-0.39, 0.29) is 11.5 Å². The van der Waals surface area contributed by atoms with E-state index in [2.05, 4.69) is 48.1 Å². The number of nitrogens with one attached hydrogen (secondary N) is 2. The van der Waals surface area contributed by atoms with Crippen LogP contribution in [0.2, 0.25) is 0 Å². The highest BCUT2D eigenvalue weighted by molar-refractivity contribution is 5.92. The minimum absolute atomic E-state index is 0.0428. The fourth-order valence-corrected chi connectivity index (χ4v) is 5.22. The van der Waals surface area contributed by atoms with Crippen LogP contribution in [0.1, 0.15) is 56.7 Å². The molecule has 4 heterocycles. The molecule has 4 rings (SSSR count). The molecule has 0 saturated carbocycles. The summed E-state index contributed by atoms with van der Waals surface area (Å²) in [6.07, 6.45) is 3.53.